The van der Waals surface area contributed by atoms with E-state index in [0.717, 1.165) is 0 Å². The zero-order valence-electron chi connectivity index (χ0n) is 4.07. The van der Waals surface area contributed by atoms with Gasteiger partial charge in [-0.2, -0.15) is 8.42 Å². The van der Waals surface area contributed by atoms with Crippen molar-refractivity contribution in [2.24, 2.45) is 0 Å². The maximum atomic E-state index is 9.91. The van der Waals surface area contributed by atoms with Gasteiger partial charge in [-0.05, 0) is 0 Å². The van der Waals surface area contributed by atoms with Crippen molar-refractivity contribution in [1.29, 1.82) is 0 Å². The van der Waals surface area contributed by atoms with Gasteiger partial charge in [0.15, 0.2) is 0 Å². The molecule has 0 unspecified atom stereocenters. The number of ketones is 1. The Morgan fingerprint density at radius 2 is 1.78 bits per heavy atom. The summed E-state index contributed by atoms with van der Waals surface area (Å²) in [7, 11) is -2.72. The first-order valence-corrected chi connectivity index (χ1v) is 2.88. The lowest BCUT2D eigenvalue weighted by Crippen LogP contribution is -2.13. The van der Waals surface area contributed by atoms with Gasteiger partial charge in [0, 0.05) is 0 Å². The third-order valence-electron chi connectivity index (χ3n) is 0.414. The second-order valence-electron chi connectivity index (χ2n) is 1.05. The van der Waals surface area contributed by atoms with E-state index < -0.39 is 22.0 Å². The molecule has 0 aromatic carbocycles. The fraction of sp³-hybridized carbons (Fsp3) is 0. The molecular weight excluding hydrogens is 148 g/mol. The van der Waals surface area contributed by atoms with Crippen molar-refractivity contribution in [3.8, 4) is 0 Å². The van der Waals surface area contributed by atoms with Crippen molar-refractivity contribution in [1.82, 2.24) is 0 Å². The first kappa shape index (κ1) is 7.83. The molecule has 1 N–H and O–H groups in total. The van der Waals surface area contributed by atoms with Crippen LogP contribution in [0, 0.1) is 0 Å². The number of hydrogen-bond donors (Lipinski definition) is 1. The van der Waals surface area contributed by atoms with Gasteiger partial charge in [-0.1, -0.05) is 0 Å². The summed E-state index contributed by atoms with van der Waals surface area (Å²) in [4.78, 5) is 19.5. The molecule has 6 heteroatoms. The SMILES string of the molecule is O=C(O)C(=O)C=S(=O)=O. The molecule has 5 nitrogen and oxygen atoms in total. The number of carbonyl (C=O) groups excluding carboxylic acids is 1. The quantitative estimate of drug-likeness (QED) is 0.375. The van der Waals surface area contributed by atoms with Gasteiger partial charge in [-0.3, -0.25) is 4.79 Å². The Morgan fingerprint density at radius 3 is 1.89 bits per heavy atom. The number of Topliss-reactive ketones (excluding diaryl/α,β-unsaturated/α-hetero) is 1. The second kappa shape index (κ2) is 2.98. The van der Waals surface area contributed by atoms with Gasteiger partial charge in [-0.15, -0.1) is 0 Å². The van der Waals surface area contributed by atoms with Crippen LogP contribution in [-0.2, 0) is 19.9 Å². The molecule has 0 saturated heterocycles. The zero-order chi connectivity index (χ0) is 7.44. The predicted molar refractivity (Wildman–Crippen MR) is 27.6 cm³/mol. The zero-order valence-corrected chi connectivity index (χ0v) is 4.88. The van der Waals surface area contributed by atoms with E-state index in [0.29, 0.717) is 0 Å². The lowest BCUT2D eigenvalue weighted by molar-refractivity contribution is -0.145. The second-order valence-corrected chi connectivity index (χ2v) is 1.80. The van der Waals surface area contributed by atoms with Crippen LogP contribution in [0.1, 0.15) is 0 Å². The molecule has 0 saturated carbocycles. The predicted octanol–water partition coefficient (Wildman–Crippen LogP) is -1.68. The molecule has 0 rings (SSSR count). The Kier molecular flexibility index (Phi) is 2.59. The molecule has 0 aliphatic carbocycles. The highest BCUT2D eigenvalue weighted by molar-refractivity contribution is 7.73. The number of hydrogen-bond acceptors (Lipinski definition) is 4. The van der Waals surface area contributed by atoms with Crippen molar-refractivity contribution in [2.75, 3.05) is 0 Å². The van der Waals surface area contributed by atoms with Crippen molar-refractivity contribution < 1.29 is 23.1 Å². The topological polar surface area (TPSA) is 88.5 Å². The molecule has 0 heterocycles. The van der Waals surface area contributed by atoms with Gasteiger partial charge in [0.2, 0.25) is 10.3 Å². The molecule has 0 aromatic rings. The minimum Gasteiger partial charge on any atom is -0.475 e. The van der Waals surface area contributed by atoms with Crippen LogP contribution in [0.5, 0.6) is 0 Å². The highest BCUT2D eigenvalue weighted by Crippen LogP contribution is 1.62. The molecule has 0 fully saturated rings. The van der Waals surface area contributed by atoms with E-state index >= 15 is 0 Å². The standard InChI is InChI=1S/C3H2O5S/c4-2(3(5)6)1-9(7)8/h1H,(H,5,6). The Bertz CT molecular complexity index is 250. The molecule has 0 aliphatic rings. The summed E-state index contributed by atoms with van der Waals surface area (Å²) in [6.07, 6.45) is 0. The molecule has 50 valence electrons. The van der Waals surface area contributed by atoms with Crippen LogP contribution in [0.15, 0.2) is 0 Å². The maximum Gasteiger partial charge on any atom is 0.377 e. The molecular formula is C3H2O5S. The van der Waals surface area contributed by atoms with Crippen LogP contribution >= 0.6 is 0 Å². The van der Waals surface area contributed by atoms with E-state index in [2.05, 4.69) is 0 Å². The lowest BCUT2D eigenvalue weighted by atomic mass is 10.5. The summed E-state index contributed by atoms with van der Waals surface area (Å²) < 4.78 is 19.1. The van der Waals surface area contributed by atoms with Crippen molar-refractivity contribution >= 4 is 27.4 Å². The van der Waals surface area contributed by atoms with E-state index in [9.17, 15) is 18.0 Å². The smallest absolute Gasteiger partial charge is 0.377 e. The van der Waals surface area contributed by atoms with Crippen LogP contribution in [-0.4, -0.2) is 30.6 Å². The first-order chi connectivity index (χ1) is 4.04. The number of aliphatic carboxylic acids is 1. The maximum absolute atomic E-state index is 9.91. The van der Waals surface area contributed by atoms with Gasteiger partial charge in [0.1, 0.15) is 5.37 Å². The molecule has 0 atom stereocenters. The van der Waals surface area contributed by atoms with Gasteiger partial charge < -0.3 is 5.11 Å². The van der Waals surface area contributed by atoms with Crippen LogP contribution in [0.2, 0.25) is 0 Å². The van der Waals surface area contributed by atoms with E-state index in [1.165, 1.54) is 0 Å². The Hall–Kier alpha value is -1.17. The summed E-state index contributed by atoms with van der Waals surface area (Å²) in [5.41, 5.74) is 0. The fourth-order valence-corrected chi connectivity index (χ4v) is 0.413. The number of rotatable bonds is 2. The summed E-state index contributed by atoms with van der Waals surface area (Å²) in [5.74, 6) is -3.22. The molecule has 0 spiro atoms. The summed E-state index contributed by atoms with van der Waals surface area (Å²) in [6, 6.07) is 0. The summed E-state index contributed by atoms with van der Waals surface area (Å²) in [6.45, 7) is 0. The first-order valence-electron chi connectivity index (χ1n) is 1.74. The monoisotopic (exact) mass is 150 g/mol. The van der Waals surface area contributed by atoms with E-state index in [-0.39, 0.29) is 5.37 Å². The molecule has 0 amide bonds. The van der Waals surface area contributed by atoms with E-state index in [4.69, 9.17) is 5.11 Å². The van der Waals surface area contributed by atoms with E-state index in [1.807, 2.05) is 0 Å². The third-order valence-corrected chi connectivity index (χ3v) is 0.821. The Labute approximate surface area is 51.4 Å². The number of carboxylic acids is 1. The third kappa shape index (κ3) is 3.42. The normalized spacial score (nSPS) is 8.00. The minimum absolute atomic E-state index is 0.0856. The molecule has 0 aromatic heterocycles. The Balaban J connectivity index is 4.47. The Morgan fingerprint density at radius 1 is 1.33 bits per heavy atom. The minimum atomic E-state index is -2.72. The highest BCUT2D eigenvalue weighted by Gasteiger charge is 2.06. The van der Waals surface area contributed by atoms with Crippen LogP contribution in [0.4, 0.5) is 0 Å². The van der Waals surface area contributed by atoms with Crippen molar-refractivity contribution in [2.45, 2.75) is 0 Å². The van der Waals surface area contributed by atoms with Gasteiger partial charge in [-0.25, -0.2) is 4.79 Å². The van der Waals surface area contributed by atoms with E-state index in [1.54, 1.807) is 0 Å². The molecule has 0 aliphatic heterocycles. The van der Waals surface area contributed by atoms with Crippen molar-refractivity contribution in [3.05, 3.63) is 0 Å². The molecule has 0 radical (unpaired) electrons. The highest BCUT2D eigenvalue weighted by atomic mass is 32.2. The molecule has 9 heavy (non-hydrogen) atoms. The van der Waals surface area contributed by atoms with Gasteiger partial charge in [0.25, 0.3) is 5.78 Å². The van der Waals surface area contributed by atoms with Crippen molar-refractivity contribution in [3.63, 3.8) is 0 Å². The summed E-state index contributed by atoms with van der Waals surface area (Å²) in [5, 5.41) is 7.86. The van der Waals surface area contributed by atoms with Gasteiger partial charge in [0.05, 0.1) is 0 Å². The average Bonchev–Trinajstić information content (AvgIpc) is 1.63. The fourth-order valence-electron chi connectivity index (χ4n) is 0.138. The van der Waals surface area contributed by atoms with Gasteiger partial charge >= 0.3 is 5.97 Å². The summed E-state index contributed by atoms with van der Waals surface area (Å²) >= 11 is 0. The number of carbonyl (C=O) groups is 2. The number of carboxylic acid groups (broad SMARTS) is 1. The largest absolute Gasteiger partial charge is 0.475 e. The van der Waals surface area contributed by atoms with Crippen LogP contribution in [0.3, 0.4) is 0 Å². The lowest BCUT2D eigenvalue weighted by Gasteiger charge is -1.74. The van der Waals surface area contributed by atoms with Crippen LogP contribution < -0.4 is 0 Å². The molecule has 0 bridgehead atoms. The average molecular weight is 150 g/mol. The van der Waals surface area contributed by atoms with Crippen LogP contribution in [0.25, 0.3) is 0 Å².